The van der Waals surface area contributed by atoms with Crippen molar-refractivity contribution in [3.8, 4) is 0 Å². The van der Waals surface area contributed by atoms with Gasteiger partial charge in [-0.2, -0.15) is 0 Å². The van der Waals surface area contributed by atoms with Gasteiger partial charge in [0.1, 0.15) is 5.82 Å². The van der Waals surface area contributed by atoms with Gasteiger partial charge in [0.2, 0.25) is 5.91 Å². The van der Waals surface area contributed by atoms with Crippen LogP contribution in [0.5, 0.6) is 0 Å². The molecular weight excluding hydrogens is 340 g/mol. The highest BCUT2D eigenvalue weighted by molar-refractivity contribution is 5.81. The molecule has 7 heteroatoms. The summed E-state index contributed by atoms with van der Waals surface area (Å²) in [7, 11) is 1.78. The second-order valence-corrected chi connectivity index (χ2v) is 7.37. The maximum absolute atomic E-state index is 12.1. The third kappa shape index (κ3) is 4.40. The summed E-state index contributed by atoms with van der Waals surface area (Å²) in [4.78, 5) is 23.0. The number of likely N-dealkylation sites (tertiary alicyclic amines) is 1. The van der Waals surface area contributed by atoms with Crippen LogP contribution in [0.3, 0.4) is 0 Å². The first-order valence-corrected chi connectivity index (χ1v) is 9.67. The normalized spacial score (nSPS) is 17.7. The molecule has 7 nitrogen and oxygen atoms in total. The third-order valence-corrected chi connectivity index (χ3v) is 5.03. The highest BCUT2D eigenvalue weighted by atomic mass is 16.2. The fourth-order valence-electron chi connectivity index (χ4n) is 3.60. The maximum Gasteiger partial charge on any atom is 0.225 e. The van der Waals surface area contributed by atoms with Crippen LogP contribution in [0.2, 0.25) is 0 Å². The van der Waals surface area contributed by atoms with E-state index in [1.54, 1.807) is 7.05 Å². The molecule has 146 valence electrons. The first-order chi connectivity index (χ1) is 13.0. The maximum atomic E-state index is 12.1. The van der Waals surface area contributed by atoms with E-state index in [-0.39, 0.29) is 17.9 Å². The van der Waals surface area contributed by atoms with Crippen LogP contribution in [-0.4, -0.2) is 59.0 Å². The number of carbonyl (C=O) groups is 1. The Labute approximate surface area is 160 Å². The summed E-state index contributed by atoms with van der Waals surface area (Å²) in [6, 6.07) is 8.43. The lowest BCUT2D eigenvalue weighted by Crippen LogP contribution is -2.46. The Morgan fingerprint density at radius 2 is 2.15 bits per heavy atom. The van der Waals surface area contributed by atoms with Crippen LogP contribution < -0.4 is 10.6 Å². The SMILES string of the molecule is CN=C(NCCn1c(C)nc2ccccc21)NC1CCN(C(=O)C(C)C)C1. The number of aliphatic imine (C=N–C) groups is 1. The van der Waals surface area contributed by atoms with Gasteiger partial charge in [-0.15, -0.1) is 0 Å². The fourth-order valence-corrected chi connectivity index (χ4v) is 3.60. The van der Waals surface area contributed by atoms with E-state index in [4.69, 9.17) is 0 Å². The summed E-state index contributed by atoms with van der Waals surface area (Å²) in [6.45, 7) is 9.05. The molecular formula is C20H30N6O. The Morgan fingerprint density at radius 3 is 2.89 bits per heavy atom. The molecule has 1 aliphatic heterocycles. The molecule has 1 aromatic heterocycles. The second kappa shape index (κ2) is 8.41. The first kappa shape index (κ1) is 19.2. The van der Waals surface area contributed by atoms with Crippen LogP contribution in [0.25, 0.3) is 11.0 Å². The number of amides is 1. The Balaban J connectivity index is 1.51. The topological polar surface area (TPSA) is 74.6 Å². The molecule has 2 aromatic rings. The molecule has 2 N–H and O–H groups in total. The van der Waals surface area contributed by atoms with Gasteiger partial charge in [0, 0.05) is 45.2 Å². The molecule has 0 bridgehead atoms. The Morgan fingerprint density at radius 1 is 1.37 bits per heavy atom. The van der Waals surface area contributed by atoms with Crippen molar-refractivity contribution in [3.05, 3.63) is 30.1 Å². The molecule has 1 aromatic carbocycles. The van der Waals surface area contributed by atoms with E-state index in [1.165, 1.54) is 0 Å². The molecule has 3 rings (SSSR count). The smallest absolute Gasteiger partial charge is 0.225 e. The number of hydrogen-bond acceptors (Lipinski definition) is 3. The molecule has 1 atom stereocenters. The Hall–Kier alpha value is -2.57. The molecule has 1 amide bonds. The lowest BCUT2D eigenvalue weighted by Gasteiger charge is -2.20. The van der Waals surface area contributed by atoms with Crippen LogP contribution in [0.4, 0.5) is 0 Å². The third-order valence-electron chi connectivity index (χ3n) is 5.03. The number of guanidine groups is 1. The van der Waals surface area contributed by atoms with Crippen LogP contribution in [-0.2, 0) is 11.3 Å². The Bertz CT molecular complexity index is 825. The zero-order valence-corrected chi connectivity index (χ0v) is 16.7. The average Bonchev–Trinajstić information content (AvgIpc) is 3.24. The van der Waals surface area contributed by atoms with Gasteiger partial charge >= 0.3 is 0 Å². The van der Waals surface area contributed by atoms with Crippen LogP contribution in [0.15, 0.2) is 29.3 Å². The summed E-state index contributed by atoms with van der Waals surface area (Å²) in [5.41, 5.74) is 2.18. The van der Waals surface area contributed by atoms with Crippen molar-refractivity contribution >= 4 is 22.9 Å². The van der Waals surface area contributed by atoms with E-state index in [0.29, 0.717) is 0 Å². The van der Waals surface area contributed by atoms with E-state index in [2.05, 4.69) is 31.2 Å². The lowest BCUT2D eigenvalue weighted by atomic mass is 10.2. The monoisotopic (exact) mass is 370 g/mol. The van der Waals surface area contributed by atoms with Crippen LogP contribution in [0.1, 0.15) is 26.1 Å². The molecule has 1 unspecified atom stereocenters. The predicted molar refractivity (Wildman–Crippen MR) is 109 cm³/mol. The number of nitrogens with zero attached hydrogens (tertiary/aromatic N) is 4. The zero-order chi connectivity index (χ0) is 19.4. The number of fused-ring (bicyclic) bond motifs is 1. The number of aryl methyl sites for hydroxylation is 1. The number of nitrogens with one attached hydrogen (secondary N) is 2. The number of carbonyl (C=O) groups excluding carboxylic acids is 1. The van der Waals surface area contributed by atoms with Gasteiger partial charge in [-0.25, -0.2) is 4.98 Å². The summed E-state index contributed by atoms with van der Waals surface area (Å²) >= 11 is 0. The fraction of sp³-hybridized carbons (Fsp3) is 0.550. The molecule has 2 heterocycles. The molecule has 0 saturated carbocycles. The lowest BCUT2D eigenvalue weighted by molar-refractivity contribution is -0.133. The zero-order valence-electron chi connectivity index (χ0n) is 16.7. The molecule has 0 aliphatic carbocycles. The van der Waals surface area contributed by atoms with Gasteiger partial charge in [-0.1, -0.05) is 26.0 Å². The van der Waals surface area contributed by atoms with Crippen molar-refractivity contribution in [3.63, 3.8) is 0 Å². The molecule has 0 radical (unpaired) electrons. The van der Waals surface area contributed by atoms with Gasteiger partial charge in [-0.05, 0) is 25.5 Å². The average molecular weight is 371 g/mol. The van der Waals surface area contributed by atoms with E-state index in [9.17, 15) is 4.79 Å². The minimum Gasteiger partial charge on any atom is -0.355 e. The minimum atomic E-state index is 0.0504. The van der Waals surface area contributed by atoms with Crippen molar-refractivity contribution in [2.45, 2.75) is 39.8 Å². The number of hydrogen-bond donors (Lipinski definition) is 2. The minimum absolute atomic E-state index is 0.0504. The standard InChI is InChI=1S/C20H30N6O/c1-14(2)19(27)25-11-9-16(13-25)24-20(21-4)22-10-12-26-15(3)23-17-7-5-6-8-18(17)26/h5-8,14,16H,9-13H2,1-4H3,(H2,21,22,24). The highest BCUT2D eigenvalue weighted by Gasteiger charge is 2.27. The number of imidazole rings is 1. The molecule has 1 saturated heterocycles. The van der Waals surface area contributed by atoms with Crippen molar-refractivity contribution in [2.24, 2.45) is 10.9 Å². The Kier molecular flexibility index (Phi) is 5.98. The van der Waals surface area contributed by atoms with E-state index < -0.39 is 0 Å². The molecule has 0 spiro atoms. The number of rotatable bonds is 5. The van der Waals surface area contributed by atoms with Gasteiger partial charge in [-0.3, -0.25) is 9.79 Å². The van der Waals surface area contributed by atoms with Gasteiger partial charge < -0.3 is 20.1 Å². The first-order valence-electron chi connectivity index (χ1n) is 9.67. The van der Waals surface area contributed by atoms with E-state index in [1.807, 2.05) is 43.9 Å². The predicted octanol–water partition coefficient (Wildman–Crippen LogP) is 1.77. The summed E-state index contributed by atoms with van der Waals surface area (Å²) < 4.78 is 2.22. The molecule has 27 heavy (non-hydrogen) atoms. The summed E-state index contributed by atoms with van der Waals surface area (Å²) in [5, 5.41) is 6.82. The van der Waals surface area contributed by atoms with Crippen molar-refractivity contribution < 1.29 is 4.79 Å². The second-order valence-electron chi connectivity index (χ2n) is 7.37. The summed E-state index contributed by atoms with van der Waals surface area (Å²) in [6.07, 6.45) is 0.949. The highest BCUT2D eigenvalue weighted by Crippen LogP contribution is 2.15. The molecule has 1 fully saturated rings. The van der Waals surface area contributed by atoms with Crippen LogP contribution >= 0.6 is 0 Å². The van der Waals surface area contributed by atoms with E-state index in [0.717, 1.165) is 55.4 Å². The van der Waals surface area contributed by atoms with Gasteiger partial charge in [0.25, 0.3) is 0 Å². The summed E-state index contributed by atoms with van der Waals surface area (Å²) in [5.74, 6) is 2.07. The number of aromatic nitrogens is 2. The van der Waals surface area contributed by atoms with Crippen LogP contribution in [0, 0.1) is 12.8 Å². The number of para-hydroxylation sites is 2. The molecule has 1 aliphatic rings. The van der Waals surface area contributed by atoms with Crippen molar-refractivity contribution in [1.82, 2.24) is 25.1 Å². The van der Waals surface area contributed by atoms with Crippen molar-refractivity contribution in [2.75, 3.05) is 26.7 Å². The quantitative estimate of drug-likeness (QED) is 0.621. The van der Waals surface area contributed by atoms with Gasteiger partial charge in [0.05, 0.1) is 11.0 Å². The largest absolute Gasteiger partial charge is 0.355 e. The van der Waals surface area contributed by atoms with E-state index >= 15 is 0 Å². The van der Waals surface area contributed by atoms with Gasteiger partial charge in [0.15, 0.2) is 5.96 Å². The van der Waals surface area contributed by atoms with Crippen molar-refractivity contribution in [1.29, 1.82) is 0 Å². The number of benzene rings is 1.